The minimum atomic E-state index is -4.46. The topological polar surface area (TPSA) is 36.4 Å². The van der Waals surface area contributed by atoms with Crippen LogP contribution in [0, 0.1) is 5.92 Å². The lowest BCUT2D eigenvalue weighted by Gasteiger charge is -2.37. The fourth-order valence-electron chi connectivity index (χ4n) is 2.85. The van der Waals surface area contributed by atoms with Crippen LogP contribution in [0.4, 0.5) is 19.0 Å². The van der Waals surface area contributed by atoms with E-state index in [4.69, 9.17) is 11.6 Å². The van der Waals surface area contributed by atoms with Crippen molar-refractivity contribution in [2.24, 2.45) is 5.92 Å². The standard InChI is InChI=1S/C16H21ClF3N3O/c1-3-11(4-2)15(24)23-7-5-22(6-8-23)14-13(17)9-12(10-21-14)16(18,19)20/h9-11H,3-8H2,1-2H3. The molecule has 0 unspecified atom stereocenters. The predicted molar refractivity (Wildman–Crippen MR) is 87.1 cm³/mol. The lowest BCUT2D eigenvalue weighted by Crippen LogP contribution is -2.50. The third-order valence-corrected chi connectivity index (χ3v) is 4.65. The molecule has 1 aromatic heterocycles. The SMILES string of the molecule is CCC(CC)C(=O)N1CCN(c2ncc(C(F)(F)F)cc2Cl)CC1. The van der Waals surface area contributed by atoms with Gasteiger partial charge in [-0.25, -0.2) is 4.98 Å². The molecule has 8 heteroatoms. The summed E-state index contributed by atoms with van der Waals surface area (Å²) in [6, 6.07) is 0.894. The molecular formula is C16H21ClF3N3O. The third-order valence-electron chi connectivity index (χ3n) is 4.37. The summed E-state index contributed by atoms with van der Waals surface area (Å²) in [5.41, 5.74) is -0.862. The zero-order valence-electron chi connectivity index (χ0n) is 13.7. The van der Waals surface area contributed by atoms with E-state index in [9.17, 15) is 18.0 Å². The molecule has 1 aromatic rings. The largest absolute Gasteiger partial charge is 0.417 e. The molecule has 1 aliphatic heterocycles. The molecule has 24 heavy (non-hydrogen) atoms. The number of amides is 1. The van der Waals surface area contributed by atoms with Gasteiger partial charge >= 0.3 is 6.18 Å². The van der Waals surface area contributed by atoms with E-state index in [0.29, 0.717) is 32.0 Å². The molecule has 2 rings (SSSR count). The number of pyridine rings is 1. The van der Waals surface area contributed by atoms with Gasteiger partial charge in [-0.3, -0.25) is 4.79 Å². The Kier molecular flexibility index (Phi) is 5.96. The third kappa shape index (κ3) is 4.12. The van der Waals surface area contributed by atoms with Crippen LogP contribution in [-0.4, -0.2) is 42.0 Å². The number of aromatic nitrogens is 1. The van der Waals surface area contributed by atoms with Crippen LogP contribution in [0.25, 0.3) is 0 Å². The Bertz CT molecular complexity index is 582. The van der Waals surface area contributed by atoms with Crippen molar-refractivity contribution in [3.05, 3.63) is 22.8 Å². The Morgan fingerprint density at radius 3 is 2.29 bits per heavy atom. The smallest absolute Gasteiger partial charge is 0.352 e. The molecule has 0 radical (unpaired) electrons. The number of piperazine rings is 1. The second-order valence-electron chi connectivity index (χ2n) is 5.85. The molecule has 0 aliphatic carbocycles. The first-order valence-corrected chi connectivity index (χ1v) is 8.42. The second-order valence-corrected chi connectivity index (χ2v) is 6.26. The van der Waals surface area contributed by atoms with Crippen LogP contribution in [0.5, 0.6) is 0 Å². The molecule has 1 saturated heterocycles. The number of alkyl halides is 3. The number of nitrogens with zero attached hydrogens (tertiary/aromatic N) is 3. The molecule has 134 valence electrons. The second kappa shape index (κ2) is 7.59. The first kappa shape index (κ1) is 18.8. The van der Waals surface area contributed by atoms with E-state index in [2.05, 4.69) is 4.98 Å². The van der Waals surface area contributed by atoms with Crippen LogP contribution < -0.4 is 4.90 Å². The number of anilines is 1. The Morgan fingerprint density at radius 1 is 1.25 bits per heavy atom. The number of rotatable bonds is 4. The summed E-state index contributed by atoms with van der Waals surface area (Å²) in [7, 11) is 0. The molecule has 1 amide bonds. The Balaban J connectivity index is 2.03. The highest BCUT2D eigenvalue weighted by Gasteiger charge is 2.32. The monoisotopic (exact) mass is 363 g/mol. The highest BCUT2D eigenvalue weighted by atomic mass is 35.5. The Labute approximate surface area is 144 Å². The average molecular weight is 364 g/mol. The maximum Gasteiger partial charge on any atom is 0.417 e. The van der Waals surface area contributed by atoms with Gasteiger partial charge in [-0.2, -0.15) is 13.2 Å². The van der Waals surface area contributed by atoms with Gasteiger partial charge in [0.1, 0.15) is 5.82 Å². The van der Waals surface area contributed by atoms with Crippen molar-refractivity contribution in [3.63, 3.8) is 0 Å². The molecule has 0 aromatic carbocycles. The van der Waals surface area contributed by atoms with Crippen LogP contribution in [-0.2, 0) is 11.0 Å². The fraction of sp³-hybridized carbons (Fsp3) is 0.625. The van der Waals surface area contributed by atoms with E-state index in [-0.39, 0.29) is 16.8 Å². The summed E-state index contributed by atoms with van der Waals surface area (Å²) >= 11 is 5.98. The van der Waals surface area contributed by atoms with E-state index >= 15 is 0 Å². The first-order valence-electron chi connectivity index (χ1n) is 8.04. The maximum atomic E-state index is 12.7. The van der Waals surface area contributed by atoms with Gasteiger partial charge in [0.05, 0.1) is 10.6 Å². The van der Waals surface area contributed by atoms with Gasteiger partial charge in [0.15, 0.2) is 0 Å². The fourth-order valence-corrected chi connectivity index (χ4v) is 3.14. The number of hydrogen-bond donors (Lipinski definition) is 0. The number of carbonyl (C=O) groups is 1. The molecule has 2 heterocycles. The van der Waals surface area contributed by atoms with Crippen molar-refractivity contribution in [2.45, 2.75) is 32.9 Å². The zero-order chi connectivity index (χ0) is 17.9. The van der Waals surface area contributed by atoms with Crippen molar-refractivity contribution in [1.82, 2.24) is 9.88 Å². The van der Waals surface area contributed by atoms with Crippen LogP contribution in [0.15, 0.2) is 12.3 Å². The van der Waals surface area contributed by atoms with E-state index in [1.807, 2.05) is 23.6 Å². The number of hydrogen-bond acceptors (Lipinski definition) is 3. The lowest BCUT2D eigenvalue weighted by atomic mass is 10.0. The normalized spacial score (nSPS) is 16.0. The molecule has 0 N–H and O–H groups in total. The van der Waals surface area contributed by atoms with Crippen molar-refractivity contribution < 1.29 is 18.0 Å². The van der Waals surface area contributed by atoms with Crippen LogP contribution >= 0.6 is 11.6 Å². The molecule has 0 bridgehead atoms. The summed E-state index contributed by atoms with van der Waals surface area (Å²) in [6.45, 7) is 6.04. The summed E-state index contributed by atoms with van der Waals surface area (Å²) in [4.78, 5) is 19.9. The zero-order valence-corrected chi connectivity index (χ0v) is 14.5. The number of halogens is 4. The Morgan fingerprint density at radius 2 is 1.83 bits per heavy atom. The van der Waals surface area contributed by atoms with Gasteiger partial charge < -0.3 is 9.80 Å². The van der Waals surface area contributed by atoms with E-state index in [1.54, 1.807) is 0 Å². The van der Waals surface area contributed by atoms with Crippen LogP contribution in [0.2, 0.25) is 5.02 Å². The van der Waals surface area contributed by atoms with E-state index < -0.39 is 11.7 Å². The highest BCUT2D eigenvalue weighted by Crippen LogP contribution is 2.33. The quantitative estimate of drug-likeness (QED) is 0.815. The van der Waals surface area contributed by atoms with Gasteiger partial charge in [0.2, 0.25) is 5.91 Å². The van der Waals surface area contributed by atoms with Crippen molar-refractivity contribution in [3.8, 4) is 0 Å². The molecule has 4 nitrogen and oxygen atoms in total. The van der Waals surface area contributed by atoms with E-state index in [0.717, 1.165) is 25.1 Å². The molecule has 1 aliphatic rings. The van der Waals surface area contributed by atoms with Gasteiger partial charge in [0, 0.05) is 38.3 Å². The molecular weight excluding hydrogens is 343 g/mol. The molecule has 0 saturated carbocycles. The van der Waals surface area contributed by atoms with Crippen molar-refractivity contribution in [2.75, 3.05) is 31.1 Å². The highest BCUT2D eigenvalue weighted by molar-refractivity contribution is 6.33. The predicted octanol–water partition coefficient (Wildman–Crippen LogP) is 3.84. The summed E-state index contributed by atoms with van der Waals surface area (Å²) in [6.07, 6.45) is -2.05. The average Bonchev–Trinajstić information content (AvgIpc) is 2.55. The van der Waals surface area contributed by atoms with Gasteiger partial charge in [0.25, 0.3) is 0 Å². The van der Waals surface area contributed by atoms with Crippen LogP contribution in [0.1, 0.15) is 32.3 Å². The first-order chi connectivity index (χ1) is 11.3. The van der Waals surface area contributed by atoms with Crippen molar-refractivity contribution in [1.29, 1.82) is 0 Å². The minimum Gasteiger partial charge on any atom is -0.352 e. The van der Waals surface area contributed by atoms with Gasteiger partial charge in [-0.1, -0.05) is 25.4 Å². The summed E-state index contributed by atoms with van der Waals surface area (Å²) in [5.74, 6) is 0.509. The molecule has 0 atom stereocenters. The lowest BCUT2D eigenvalue weighted by molar-refractivity contribution is -0.138. The summed E-state index contributed by atoms with van der Waals surface area (Å²) < 4.78 is 38.0. The number of carbonyl (C=O) groups excluding carboxylic acids is 1. The molecule has 0 spiro atoms. The van der Waals surface area contributed by atoms with Gasteiger partial charge in [-0.05, 0) is 18.9 Å². The van der Waals surface area contributed by atoms with Crippen LogP contribution in [0.3, 0.4) is 0 Å². The van der Waals surface area contributed by atoms with E-state index in [1.165, 1.54) is 0 Å². The maximum absolute atomic E-state index is 12.7. The van der Waals surface area contributed by atoms with Crippen molar-refractivity contribution >= 4 is 23.3 Å². The molecule has 1 fully saturated rings. The Hall–Kier alpha value is -1.50. The minimum absolute atomic E-state index is 0.0235. The summed E-state index contributed by atoms with van der Waals surface area (Å²) in [5, 5.41) is -0.0235. The van der Waals surface area contributed by atoms with Gasteiger partial charge in [-0.15, -0.1) is 0 Å².